The quantitative estimate of drug-likeness (QED) is 0.193. The molecule has 0 N–H and O–H groups in total. The summed E-state index contributed by atoms with van der Waals surface area (Å²) in [6.07, 6.45) is 3.46. The van der Waals surface area contributed by atoms with E-state index in [1.54, 1.807) is 19.3 Å². The van der Waals surface area contributed by atoms with Gasteiger partial charge in [0, 0.05) is 6.54 Å². The molecule has 1 amide bonds. The molecule has 1 fully saturated rings. The number of ether oxygens (including phenoxy) is 3. The fourth-order valence-corrected chi connectivity index (χ4v) is 4.47. The lowest BCUT2D eigenvalue weighted by Crippen LogP contribution is -2.27. The zero-order valence-electron chi connectivity index (χ0n) is 19.4. The summed E-state index contributed by atoms with van der Waals surface area (Å²) in [4.78, 5) is 14.6. The van der Waals surface area contributed by atoms with Crippen molar-refractivity contribution in [3.8, 4) is 17.2 Å². The van der Waals surface area contributed by atoms with Crippen LogP contribution in [0.2, 0.25) is 0 Å². The predicted octanol–water partition coefficient (Wildman–Crippen LogP) is 5.84. The predicted molar refractivity (Wildman–Crippen MR) is 139 cm³/mol. The van der Waals surface area contributed by atoms with E-state index in [1.165, 1.54) is 22.2 Å². The Morgan fingerprint density at radius 1 is 1.06 bits per heavy atom. The van der Waals surface area contributed by atoms with Crippen LogP contribution in [0.1, 0.15) is 31.9 Å². The van der Waals surface area contributed by atoms with Gasteiger partial charge in [0.25, 0.3) is 5.91 Å². The molecule has 0 aliphatic carbocycles. The fourth-order valence-electron chi connectivity index (χ4n) is 3.19. The summed E-state index contributed by atoms with van der Waals surface area (Å²) in [5, 5.41) is 0. The molecule has 0 radical (unpaired) electrons. The van der Waals surface area contributed by atoms with Gasteiger partial charge >= 0.3 is 0 Å². The first-order valence-corrected chi connectivity index (χ1v) is 11.9. The van der Waals surface area contributed by atoms with Gasteiger partial charge in [-0.1, -0.05) is 69.0 Å². The summed E-state index contributed by atoms with van der Waals surface area (Å²) in [7, 11) is 1.59. The molecule has 5 nitrogen and oxygen atoms in total. The largest absolute Gasteiger partial charge is 0.493 e. The number of thioether (sulfide) groups is 1. The van der Waals surface area contributed by atoms with E-state index in [0.717, 1.165) is 11.3 Å². The Hall–Kier alpha value is -2.77. The molecule has 1 heterocycles. The average molecular weight is 484 g/mol. The molecule has 2 aromatic carbocycles. The highest BCUT2D eigenvalue weighted by Gasteiger charge is 2.31. The van der Waals surface area contributed by atoms with Crippen LogP contribution in [0.15, 0.2) is 60.0 Å². The number of carbonyl (C=O) groups excluding carboxylic acids is 1. The van der Waals surface area contributed by atoms with Crippen LogP contribution in [0.25, 0.3) is 6.08 Å². The summed E-state index contributed by atoms with van der Waals surface area (Å²) >= 11 is 6.57. The Bertz CT molecular complexity index is 1050. The van der Waals surface area contributed by atoms with Crippen molar-refractivity contribution in [2.75, 3.05) is 26.9 Å². The minimum atomic E-state index is -0.114. The number of nitrogens with zero attached hydrogens (tertiary/aromatic N) is 1. The first-order valence-electron chi connectivity index (χ1n) is 10.6. The Labute approximate surface area is 205 Å². The lowest BCUT2D eigenvalue weighted by molar-refractivity contribution is -0.121. The third-order valence-electron chi connectivity index (χ3n) is 5.00. The molecular weight excluding hydrogens is 454 g/mol. The SMILES string of the molecule is C=CCN1C(=O)C(=Cc2ccc(OCCOc3ccc(C(C)(C)C)cc3)c(OC)c2)SC1=S. The summed E-state index contributed by atoms with van der Waals surface area (Å²) in [5.74, 6) is 1.89. The highest BCUT2D eigenvalue weighted by molar-refractivity contribution is 8.26. The molecule has 0 unspecified atom stereocenters. The Balaban J connectivity index is 1.58. The van der Waals surface area contributed by atoms with Gasteiger partial charge in [0.15, 0.2) is 11.5 Å². The molecule has 3 rings (SSSR count). The number of thiocarbonyl (C=S) groups is 1. The number of hydrogen-bond acceptors (Lipinski definition) is 6. The molecule has 1 saturated heterocycles. The van der Waals surface area contributed by atoms with Crippen molar-refractivity contribution >= 4 is 40.3 Å². The van der Waals surface area contributed by atoms with E-state index in [-0.39, 0.29) is 11.3 Å². The molecule has 7 heteroatoms. The van der Waals surface area contributed by atoms with Gasteiger partial charge in [0.2, 0.25) is 0 Å². The fraction of sp³-hybridized carbons (Fsp3) is 0.308. The first kappa shape index (κ1) is 24.9. The Morgan fingerprint density at radius 3 is 2.39 bits per heavy atom. The van der Waals surface area contributed by atoms with E-state index in [4.69, 9.17) is 26.4 Å². The number of methoxy groups -OCH3 is 1. The monoisotopic (exact) mass is 483 g/mol. The minimum Gasteiger partial charge on any atom is -0.493 e. The van der Waals surface area contributed by atoms with Crippen LogP contribution >= 0.6 is 24.0 Å². The molecule has 33 heavy (non-hydrogen) atoms. The normalized spacial score (nSPS) is 15.2. The van der Waals surface area contributed by atoms with Gasteiger partial charge in [-0.15, -0.1) is 6.58 Å². The minimum absolute atomic E-state index is 0.112. The number of carbonyl (C=O) groups is 1. The molecule has 1 aliphatic heterocycles. The summed E-state index contributed by atoms with van der Waals surface area (Å²) in [6.45, 7) is 11.4. The van der Waals surface area contributed by atoms with E-state index < -0.39 is 0 Å². The maximum absolute atomic E-state index is 12.5. The van der Waals surface area contributed by atoms with Crippen molar-refractivity contribution in [2.24, 2.45) is 0 Å². The zero-order chi connectivity index (χ0) is 24.0. The molecule has 0 bridgehead atoms. The van der Waals surface area contributed by atoms with Crippen LogP contribution in [0, 0.1) is 0 Å². The molecule has 0 saturated carbocycles. The highest BCUT2D eigenvalue weighted by atomic mass is 32.2. The number of hydrogen-bond donors (Lipinski definition) is 0. The molecule has 174 valence electrons. The van der Waals surface area contributed by atoms with E-state index >= 15 is 0 Å². The van der Waals surface area contributed by atoms with Crippen LogP contribution in [0.3, 0.4) is 0 Å². The maximum atomic E-state index is 12.5. The van der Waals surface area contributed by atoms with Crippen LogP contribution in [0.4, 0.5) is 0 Å². The van der Waals surface area contributed by atoms with Crippen molar-refractivity contribution in [2.45, 2.75) is 26.2 Å². The van der Waals surface area contributed by atoms with Crippen molar-refractivity contribution in [3.63, 3.8) is 0 Å². The zero-order valence-corrected chi connectivity index (χ0v) is 21.1. The molecular formula is C26H29NO4S2. The third-order valence-corrected chi connectivity index (χ3v) is 6.38. The maximum Gasteiger partial charge on any atom is 0.266 e. The van der Waals surface area contributed by atoms with E-state index in [0.29, 0.717) is 40.5 Å². The molecule has 1 aliphatic rings. The van der Waals surface area contributed by atoms with Gasteiger partial charge in [0.05, 0.1) is 12.0 Å². The number of benzene rings is 2. The van der Waals surface area contributed by atoms with Crippen molar-refractivity contribution in [1.29, 1.82) is 0 Å². The van der Waals surface area contributed by atoms with Crippen molar-refractivity contribution in [3.05, 3.63) is 71.2 Å². The van der Waals surface area contributed by atoms with Gasteiger partial charge < -0.3 is 14.2 Å². The van der Waals surface area contributed by atoms with E-state index in [1.807, 2.05) is 30.3 Å². The third kappa shape index (κ3) is 6.39. The van der Waals surface area contributed by atoms with Gasteiger partial charge in [-0.05, 0) is 46.9 Å². The van der Waals surface area contributed by atoms with Crippen LogP contribution < -0.4 is 14.2 Å². The second-order valence-corrected chi connectivity index (χ2v) is 10.1. The second-order valence-electron chi connectivity index (χ2n) is 8.46. The number of amides is 1. The molecule has 0 atom stereocenters. The molecule has 2 aromatic rings. The van der Waals surface area contributed by atoms with Gasteiger partial charge in [0.1, 0.15) is 23.3 Å². The van der Waals surface area contributed by atoms with Crippen molar-refractivity contribution < 1.29 is 19.0 Å². The van der Waals surface area contributed by atoms with Gasteiger partial charge in [-0.3, -0.25) is 9.69 Å². The molecule has 0 spiro atoms. The van der Waals surface area contributed by atoms with Crippen LogP contribution in [0.5, 0.6) is 17.2 Å². The topological polar surface area (TPSA) is 48.0 Å². The highest BCUT2D eigenvalue weighted by Crippen LogP contribution is 2.34. The second kappa shape index (κ2) is 10.9. The lowest BCUT2D eigenvalue weighted by atomic mass is 9.87. The van der Waals surface area contributed by atoms with E-state index in [9.17, 15) is 4.79 Å². The van der Waals surface area contributed by atoms with Crippen LogP contribution in [-0.2, 0) is 10.2 Å². The average Bonchev–Trinajstić information content (AvgIpc) is 3.04. The standard InChI is InChI=1S/C26H29NO4S2/c1-6-13-27-24(28)23(33-25(27)32)17-18-7-12-21(22(16-18)29-5)31-15-14-30-20-10-8-19(9-11-20)26(2,3)4/h6-12,16-17H,1,13-15H2,2-5H3. The Kier molecular flexibility index (Phi) is 8.21. The first-order chi connectivity index (χ1) is 15.7. The summed E-state index contributed by atoms with van der Waals surface area (Å²) in [5.41, 5.74) is 2.20. The van der Waals surface area contributed by atoms with Crippen molar-refractivity contribution in [1.82, 2.24) is 4.90 Å². The Morgan fingerprint density at radius 2 is 1.76 bits per heavy atom. The van der Waals surface area contributed by atoms with E-state index in [2.05, 4.69) is 39.5 Å². The van der Waals surface area contributed by atoms with Gasteiger partial charge in [-0.25, -0.2) is 0 Å². The lowest BCUT2D eigenvalue weighted by Gasteiger charge is -2.19. The van der Waals surface area contributed by atoms with Crippen LogP contribution in [-0.4, -0.2) is 42.0 Å². The molecule has 0 aromatic heterocycles. The summed E-state index contributed by atoms with van der Waals surface area (Å²) < 4.78 is 17.7. The smallest absolute Gasteiger partial charge is 0.266 e. The summed E-state index contributed by atoms with van der Waals surface area (Å²) in [6, 6.07) is 13.7. The van der Waals surface area contributed by atoms with Gasteiger partial charge in [-0.2, -0.15) is 0 Å². The number of rotatable bonds is 9.